The molecule has 0 amide bonds. The van der Waals surface area contributed by atoms with E-state index in [0.717, 1.165) is 0 Å². The molecule has 0 saturated carbocycles. The van der Waals surface area contributed by atoms with E-state index in [1.165, 1.54) is 7.11 Å². The number of esters is 1. The molecule has 8 heavy (non-hydrogen) atoms. The molecule has 0 spiro atoms. The number of carbonyl (C=O) groups is 1. The van der Waals surface area contributed by atoms with Crippen LogP contribution in [0.4, 0.5) is 0 Å². The summed E-state index contributed by atoms with van der Waals surface area (Å²) >= 11 is 3.83. The minimum absolute atomic E-state index is 0.157. The van der Waals surface area contributed by atoms with E-state index in [4.69, 9.17) is 0 Å². The minimum Gasteiger partial charge on any atom is -0.469 e. The van der Waals surface area contributed by atoms with E-state index in [1.807, 2.05) is 0 Å². The molecule has 2 nitrogen and oxygen atoms in total. The van der Waals surface area contributed by atoms with Gasteiger partial charge in [0.15, 0.2) is 0 Å². The lowest BCUT2D eigenvalue weighted by Gasteiger charge is -1.87. The van der Waals surface area contributed by atoms with E-state index in [0.29, 0.717) is 6.42 Å². The third-order valence-corrected chi connectivity index (χ3v) is 0.516. The maximum absolute atomic E-state index is 9.96. The summed E-state index contributed by atoms with van der Waals surface area (Å²) in [5.74, 6) is 2.68. The Balaban J connectivity index is 0. The highest BCUT2D eigenvalue weighted by Gasteiger charge is 1.87. The molecule has 0 unspecified atom stereocenters. The number of ether oxygens (including phenoxy) is 1. The van der Waals surface area contributed by atoms with Gasteiger partial charge in [0.2, 0.25) is 0 Å². The van der Waals surface area contributed by atoms with E-state index in [-0.39, 0.29) is 5.97 Å². The summed E-state index contributed by atoms with van der Waals surface area (Å²) in [7, 11) is 1.38. The molecule has 0 bridgehead atoms. The van der Waals surface area contributed by atoms with Crippen LogP contribution in [0.15, 0.2) is 0 Å². The zero-order chi connectivity index (χ0) is 6.99. The fraction of sp³-hybridized carbons (Fsp3) is 0.600. The Labute approximate surface area is 54.8 Å². The van der Waals surface area contributed by atoms with Gasteiger partial charge in [0.25, 0.3) is 0 Å². The fourth-order valence-electron chi connectivity index (χ4n) is 0.144. The highest BCUT2D eigenvalue weighted by atomic mass is 32.1. The van der Waals surface area contributed by atoms with Crippen LogP contribution in [-0.2, 0) is 9.53 Å². The van der Waals surface area contributed by atoms with Crippen molar-refractivity contribution in [1.82, 2.24) is 0 Å². The normalized spacial score (nSPS) is 6.25. The van der Waals surface area contributed by atoms with Crippen LogP contribution < -0.4 is 0 Å². The molecule has 0 radical (unpaired) electrons. The first-order chi connectivity index (χ1) is 3.81. The first-order valence-corrected chi connectivity index (χ1v) is 2.74. The standard InChI is InChI=1S/C4H8O2.CH2S/c1-3-4(5)6-2;1-2/h3H2,1-2H3;1H2. The van der Waals surface area contributed by atoms with Crippen molar-refractivity contribution < 1.29 is 9.53 Å². The van der Waals surface area contributed by atoms with Gasteiger partial charge in [0.1, 0.15) is 0 Å². The summed E-state index contributed by atoms with van der Waals surface area (Å²) in [4.78, 5) is 9.96. The first-order valence-electron chi connectivity index (χ1n) is 2.17. The number of carbonyl (C=O) groups excluding carboxylic acids is 1. The second kappa shape index (κ2) is 9.75. The van der Waals surface area contributed by atoms with E-state index >= 15 is 0 Å². The molecule has 0 fully saturated rings. The molecule has 0 aromatic rings. The maximum Gasteiger partial charge on any atom is 0.305 e. The van der Waals surface area contributed by atoms with Crippen molar-refractivity contribution in [3.05, 3.63) is 0 Å². The molecule has 0 heterocycles. The van der Waals surface area contributed by atoms with Crippen molar-refractivity contribution in [1.29, 1.82) is 0 Å². The molecule has 48 valence electrons. The van der Waals surface area contributed by atoms with Gasteiger partial charge in [-0.15, -0.1) is 0 Å². The number of rotatable bonds is 1. The number of methoxy groups -OCH3 is 1. The van der Waals surface area contributed by atoms with E-state index < -0.39 is 0 Å². The lowest BCUT2D eigenvalue weighted by atomic mass is 10.5. The summed E-state index contributed by atoms with van der Waals surface area (Å²) in [5, 5.41) is 0. The molecule has 0 aromatic carbocycles. The maximum atomic E-state index is 9.96. The number of hydrogen-bond acceptors (Lipinski definition) is 3. The SMILES string of the molecule is C=S.CCC(=O)OC. The van der Waals surface area contributed by atoms with Crippen LogP contribution >= 0.6 is 12.2 Å². The Morgan fingerprint density at radius 3 is 2.12 bits per heavy atom. The summed E-state index contributed by atoms with van der Waals surface area (Å²) in [5.41, 5.74) is 0. The molecule has 0 aromatic heterocycles. The van der Waals surface area contributed by atoms with Gasteiger partial charge in [0.05, 0.1) is 7.11 Å². The Bertz CT molecular complexity index is 57.4. The third kappa shape index (κ3) is 9.12. The average Bonchev–Trinajstić information content (AvgIpc) is 1.91. The zero-order valence-corrected chi connectivity index (χ0v) is 5.96. The highest BCUT2D eigenvalue weighted by Crippen LogP contribution is 1.76. The second-order valence-electron chi connectivity index (χ2n) is 0.930. The van der Waals surface area contributed by atoms with Crippen LogP contribution in [0, 0.1) is 0 Å². The second-order valence-corrected chi connectivity index (χ2v) is 0.930. The van der Waals surface area contributed by atoms with Gasteiger partial charge in [-0.3, -0.25) is 4.79 Å². The van der Waals surface area contributed by atoms with Crippen molar-refractivity contribution in [3.8, 4) is 0 Å². The van der Waals surface area contributed by atoms with Crippen molar-refractivity contribution in [3.63, 3.8) is 0 Å². The highest BCUT2D eigenvalue weighted by molar-refractivity contribution is 7.77. The van der Waals surface area contributed by atoms with Crippen molar-refractivity contribution in [2.45, 2.75) is 13.3 Å². The number of hydrogen-bond donors (Lipinski definition) is 0. The first kappa shape index (κ1) is 10.5. The summed E-state index contributed by atoms with van der Waals surface area (Å²) < 4.78 is 4.26. The molecule has 0 saturated heterocycles. The molecule has 0 rings (SSSR count). The quantitative estimate of drug-likeness (QED) is 0.398. The van der Waals surface area contributed by atoms with Crippen molar-refractivity contribution in [2.75, 3.05) is 7.11 Å². The molecule has 3 heteroatoms. The molecule has 0 atom stereocenters. The summed E-state index contributed by atoms with van der Waals surface area (Å²) in [6.07, 6.45) is 0.469. The topological polar surface area (TPSA) is 26.3 Å². The van der Waals surface area contributed by atoms with E-state index in [2.05, 4.69) is 22.8 Å². The van der Waals surface area contributed by atoms with Crippen LogP contribution in [-0.4, -0.2) is 18.9 Å². The monoisotopic (exact) mass is 134 g/mol. The van der Waals surface area contributed by atoms with Crippen molar-refractivity contribution >= 4 is 24.1 Å². The Kier molecular flexibility index (Phi) is 12.8. The van der Waals surface area contributed by atoms with E-state index in [1.54, 1.807) is 6.92 Å². The van der Waals surface area contributed by atoms with Crippen LogP contribution in [0.5, 0.6) is 0 Å². The largest absolute Gasteiger partial charge is 0.469 e. The van der Waals surface area contributed by atoms with Gasteiger partial charge in [-0.25, -0.2) is 0 Å². The van der Waals surface area contributed by atoms with Crippen LogP contribution in [0.25, 0.3) is 0 Å². The average molecular weight is 134 g/mol. The predicted octanol–water partition coefficient (Wildman–Crippen LogP) is 1.19. The number of thiocarbonyl (C=S) groups is 1. The lowest BCUT2D eigenvalue weighted by molar-refractivity contribution is -0.140. The fourth-order valence-corrected chi connectivity index (χ4v) is 0.144. The summed E-state index contributed by atoms with van der Waals surface area (Å²) in [6, 6.07) is 0. The van der Waals surface area contributed by atoms with Gasteiger partial charge in [0, 0.05) is 6.42 Å². The van der Waals surface area contributed by atoms with Crippen LogP contribution in [0.3, 0.4) is 0 Å². The molecule has 0 aliphatic heterocycles. The molecule has 0 aliphatic rings. The van der Waals surface area contributed by atoms with Gasteiger partial charge >= 0.3 is 5.97 Å². The molecule has 0 N–H and O–H groups in total. The molecule has 0 aliphatic carbocycles. The predicted molar refractivity (Wildman–Crippen MR) is 37.0 cm³/mol. The van der Waals surface area contributed by atoms with Crippen LogP contribution in [0.1, 0.15) is 13.3 Å². The Morgan fingerprint density at radius 1 is 1.75 bits per heavy atom. The van der Waals surface area contributed by atoms with Gasteiger partial charge < -0.3 is 4.74 Å². The van der Waals surface area contributed by atoms with Gasteiger partial charge in [-0.05, 0) is 5.87 Å². The van der Waals surface area contributed by atoms with Gasteiger partial charge in [-0.2, -0.15) is 0 Å². The smallest absolute Gasteiger partial charge is 0.305 e. The lowest BCUT2D eigenvalue weighted by Crippen LogP contribution is -1.94. The van der Waals surface area contributed by atoms with Crippen LogP contribution in [0.2, 0.25) is 0 Å². The Hall–Kier alpha value is -0.440. The zero-order valence-electron chi connectivity index (χ0n) is 5.14. The Morgan fingerprint density at radius 2 is 2.12 bits per heavy atom. The van der Waals surface area contributed by atoms with E-state index in [9.17, 15) is 4.79 Å². The summed E-state index contributed by atoms with van der Waals surface area (Å²) in [6.45, 7) is 1.76. The molecular weight excluding hydrogens is 124 g/mol. The third-order valence-electron chi connectivity index (χ3n) is 0.516. The van der Waals surface area contributed by atoms with Crippen molar-refractivity contribution in [2.24, 2.45) is 0 Å². The van der Waals surface area contributed by atoms with Gasteiger partial charge in [-0.1, -0.05) is 19.1 Å². The molecular formula is C5H10O2S. The minimum atomic E-state index is -0.157.